The SMILES string of the molecule is CC.CC.CC.CNCCOCCOCCOCCn1cc(C)nn1. The second-order valence-electron chi connectivity index (χ2n) is 4.06. The Morgan fingerprint density at radius 3 is 1.76 bits per heavy atom. The van der Waals surface area contributed by atoms with Crippen molar-refractivity contribution in [3.05, 3.63) is 11.9 Å². The summed E-state index contributed by atoms with van der Waals surface area (Å²) in [5.41, 5.74) is 0.918. The van der Waals surface area contributed by atoms with Gasteiger partial charge in [-0.3, -0.25) is 0 Å². The van der Waals surface area contributed by atoms with Crippen molar-refractivity contribution < 1.29 is 14.2 Å². The van der Waals surface area contributed by atoms with Crippen molar-refractivity contribution >= 4 is 0 Å². The van der Waals surface area contributed by atoms with E-state index in [1.807, 2.05) is 61.7 Å². The van der Waals surface area contributed by atoms with E-state index in [1.165, 1.54) is 0 Å². The molecular formula is C18H42N4O3. The third-order valence-corrected chi connectivity index (χ3v) is 2.36. The lowest BCUT2D eigenvalue weighted by atomic mass is 10.5. The first kappa shape index (κ1) is 28.8. The minimum atomic E-state index is 0.587. The van der Waals surface area contributed by atoms with Crippen LogP contribution in [0.3, 0.4) is 0 Å². The van der Waals surface area contributed by atoms with Gasteiger partial charge in [0.05, 0.1) is 51.9 Å². The molecule has 0 aliphatic carbocycles. The van der Waals surface area contributed by atoms with E-state index in [4.69, 9.17) is 14.2 Å². The summed E-state index contributed by atoms with van der Waals surface area (Å²) >= 11 is 0. The molecule has 0 aliphatic rings. The Hall–Kier alpha value is -1.02. The summed E-state index contributed by atoms with van der Waals surface area (Å²) in [7, 11) is 1.90. The van der Waals surface area contributed by atoms with Crippen molar-refractivity contribution in [2.45, 2.75) is 55.0 Å². The summed E-state index contributed by atoms with van der Waals surface area (Å²) in [4.78, 5) is 0. The van der Waals surface area contributed by atoms with Gasteiger partial charge in [0.25, 0.3) is 0 Å². The average Bonchev–Trinajstić information content (AvgIpc) is 3.10. The van der Waals surface area contributed by atoms with Gasteiger partial charge in [-0.05, 0) is 14.0 Å². The third kappa shape index (κ3) is 23.0. The molecule has 7 heteroatoms. The maximum Gasteiger partial charge on any atom is 0.0796 e. The predicted molar refractivity (Wildman–Crippen MR) is 105 cm³/mol. The number of hydrogen-bond acceptors (Lipinski definition) is 6. The van der Waals surface area contributed by atoms with Gasteiger partial charge in [-0.15, -0.1) is 5.10 Å². The van der Waals surface area contributed by atoms with Gasteiger partial charge in [-0.2, -0.15) is 0 Å². The lowest BCUT2D eigenvalue weighted by Gasteiger charge is -2.06. The van der Waals surface area contributed by atoms with Crippen LogP contribution in [0.2, 0.25) is 0 Å². The minimum Gasteiger partial charge on any atom is -0.378 e. The van der Waals surface area contributed by atoms with E-state index in [1.54, 1.807) is 4.68 Å². The number of rotatable bonds is 12. The zero-order valence-electron chi connectivity index (χ0n) is 17.8. The van der Waals surface area contributed by atoms with Crippen LogP contribution < -0.4 is 5.32 Å². The van der Waals surface area contributed by atoms with Crippen LogP contribution in [0.25, 0.3) is 0 Å². The lowest BCUT2D eigenvalue weighted by molar-refractivity contribution is 0.0134. The van der Waals surface area contributed by atoms with E-state index in [9.17, 15) is 0 Å². The molecule has 0 saturated carbocycles. The molecule has 0 radical (unpaired) electrons. The van der Waals surface area contributed by atoms with Crippen molar-refractivity contribution in [1.29, 1.82) is 0 Å². The Labute approximate surface area is 155 Å². The highest BCUT2D eigenvalue weighted by Gasteiger charge is 1.95. The molecule has 0 fully saturated rings. The monoisotopic (exact) mass is 362 g/mol. The molecule has 1 rings (SSSR count). The van der Waals surface area contributed by atoms with Gasteiger partial charge in [0, 0.05) is 12.7 Å². The Bertz CT molecular complexity index is 323. The van der Waals surface area contributed by atoms with E-state index >= 15 is 0 Å². The van der Waals surface area contributed by atoms with Gasteiger partial charge in [0.15, 0.2) is 0 Å². The van der Waals surface area contributed by atoms with Crippen LogP contribution in [0.15, 0.2) is 6.20 Å². The zero-order chi connectivity index (χ0) is 19.8. The van der Waals surface area contributed by atoms with Crippen LogP contribution in [0.1, 0.15) is 47.2 Å². The second-order valence-corrected chi connectivity index (χ2v) is 4.06. The zero-order valence-corrected chi connectivity index (χ0v) is 17.8. The first-order valence-electron chi connectivity index (χ1n) is 9.57. The molecule has 0 aromatic carbocycles. The Morgan fingerprint density at radius 1 is 0.840 bits per heavy atom. The molecule has 1 aromatic rings. The van der Waals surface area contributed by atoms with Crippen LogP contribution in [-0.2, 0) is 20.8 Å². The third-order valence-electron chi connectivity index (χ3n) is 2.36. The van der Waals surface area contributed by atoms with Crippen LogP contribution in [-0.4, -0.2) is 68.2 Å². The first-order valence-corrected chi connectivity index (χ1v) is 9.57. The number of aryl methyl sites for hydroxylation is 1. The predicted octanol–water partition coefficient (Wildman–Crippen LogP) is 2.93. The second kappa shape index (κ2) is 27.8. The van der Waals surface area contributed by atoms with Gasteiger partial charge in [-0.1, -0.05) is 46.8 Å². The Balaban J connectivity index is -0.000000725. The largest absolute Gasteiger partial charge is 0.378 e. The highest BCUT2D eigenvalue weighted by atomic mass is 16.5. The van der Waals surface area contributed by atoms with Crippen LogP contribution in [0.5, 0.6) is 0 Å². The van der Waals surface area contributed by atoms with Crippen LogP contribution >= 0.6 is 0 Å². The summed E-state index contributed by atoms with van der Waals surface area (Å²) in [6.45, 7) is 19.2. The number of nitrogens with one attached hydrogen (secondary N) is 1. The fraction of sp³-hybridized carbons (Fsp3) is 0.889. The maximum atomic E-state index is 5.43. The van der Waals surface area contributed by atoms with Crippen LogP contribution in [0.4, 0.5) is 0 Å². The summed E-state index contributed by atoms with van der Waals surface area (Å²) in [6.07, 6.45) is 1.89. The molecule has 0 aliphatic heterocycles. The number of likely N-dealkylation sites (N-methyl/N-ethyl adjacent to an activating group) is 1. The number of aromatic nitrogens is 3. The van der Waals surface area contributed by atoms with Crippen LogP contribution in [0, 0.1) is 6.92 Å². The molecule has 0 spiro atoms. The molecule has 1 N–H and O–H groups in total. The van der Waals surface area contributed by atoms with Crippen molar-refractivity contribution in [2.24, 2.45) is 0 Å². The smallest absolute Gasteiger partial charge is 0.0796 e. The Morgan fingerprint density at radius 2 is 1.32 bits per heavy atom. The van der Waals surface area contributed by atoms with E-state index in [0.29, 0.717) is 46.2 Å². The molecule has 0 unspecified atom stereocenters. The molecule has 0 bridgehead atoms. The van der Waals surface area contributed by atoms with E-state index < -0.39 is 0 Å². The number of nitrogens with zero attached hydrogens (tertiary/aromatic N) is 3. The summed E-state index contributed by atoms with van der Waals surface area (Å²) in [5, 5.41) is 10.8. The highest BCUT2D eigenvalue weighted by molar-refractivity contribution is 4.86. The first-order chi connectivity index (χ1) is 12.3. The Kier molecular flexibility index (Phi) is 32.0. The van der Waals surface area contributed by atoms with Crippen molar-refractivity contribution in [2.75, 3.05) is 53.2 Å². The highest BCUT2D eigenvalue weighted by Crippen LogP contribution is 1.89. The molecule has 0 saturated heterocycles. The summed E-state index contributed by atoms with van der Waals surface area (Å²) in [6, 6.07) is 0. The fourth-order valence-electron chi connectivity index (χ4n) is 1.38. The normalized spacial score (nSPS) is 9.12. The summed E-state index contributed by atoms with van der Waals surface area (Å²) in [5.74, 6) is 0. The van der Waals surface area contributed by atoms with E-state index in [0.717, 1.165) is 12.2 Å². The molecule has 7 nitrogen and oxygen atoms in total. The van der Waals surface area contributed by atoms with Gasteiger partial charge < -0.3 is 19.5 Å². The minimum absolute atomic E-state index is 0.587. The molecule has 152 valence electrons. The van der Waals surface area contributed by atoms with Gasteiger partial charge in [0.2, 0.25) is 0 Å². The molecule has 1 heterocycles. The fourth-order valence-corrected chi connectivity index (χ4v) is 1.38. The quantitative estimate of drug-likeness (QED) is 0.577. The average molecular weight is 363 g/mol. The summed E-state index contributed by atoms with van der Waals surface area (Å²) < 4.78 is 17.9. The molecule has 0 amide bonds. The van der Waals surface area contributed by atoms with E-state index in [2.05, 4.69) is 15.6 Å². The van der Waals surface area contributed by atoms with Crippen molar-refractivity contribution in [3.63, 3.8) is 0 Å². The number of hydrogen-bond donors (Lipinski definition) is 1. The van der Waals surface area contributed by atoms with Crippen molar-refractivity contribution in [3.8, 4) is 0 Å². The lowest BCUT2D eigenvalue weighted by Crippen LogP contribution is -2.17. The molecule has 25 heavy (non-hydrogen) atoms. The van der Waals surface area contributed by atoms with Gasteiger partial charge in [-0.25, -0.2) is 4.68 Å². The topological polar surface area (TPSA) is 70.4 Å². The standard InChI is InChI=1S/C12H24N4O3.3C2H6/c1-12-11-16(15-14-12)4-6-18-8-10-19-9-7-17-5-3-13-2;3*1-2/h11,13H,3-10H2,1-2H3;3*1-2H3. The number of ether oxygens (including phenoxy) is 3. The molecule has 0 atom stereocenters. The van der Waals surface area contributed by atoms with Gasteiger partial charge >= 0.3 is 0 Å². The molecule has 1 aromatic heterocycles. The van der Waals surface area contributed by atoms with Crippen molar-refractivity contribution in [1.82, 2.24) is 20.3 Å². The van der Waals surface area contributed by atoms with Gasteiger partial charge in [0.1, 0.15) is 0 Å². The van der Waals surface area contributed by atoms with E-state index in [-0.39, 0.29) is 0 Å². The maximum absolute atomic E-state index is 5.43. The molecular weight excluding hydrogens is 320 g/mol.